The van der Waals surface area contributed by atoms with Crippen LogP contribution in [0.2, 0.25) is 0 Å². The molecule has 3 N–H and O–H groups in total. The minimum atomic E-state index is -0.918. The Labute approximate surface area is 80.9 Å². The summed E-state index contributed by atoms with van der Waals surface area (Å²) in [6, 6.07) is -0.718. The summed E-state index contributed by atoms with van der Waals surface area (Å²) in [5.74, 6) is 0.649. The Morgan fingerprint density at radius 3 is 2.75 bits per heavy atom. The van der Waals surface area contributed by atoms with Crippen molar-refractivity contribution in [2.45, 2.75) is 25.8 Å². The lowest BCUT2D eigenvalue weighted by molar-refractivity contribution is -0.137. The quantitative estimate of drug-likeness (QED) is 0.492. The smallest absolute Gasteiger partial charge is 0.321 e. The number of aliphatic carboxylic acids is 1. The van der Waals surface area contributed by atoms with Gasteiger partial charge in [-0.25, -0.2) is 0 Å². The standard InChI is InChI=1S/C7H15NO2S2/c1-2-3-4-11-12-5-6(8)7(9)10/h6H,2-5,8H2,1H3,(H,9,10). The number of rotatable bonds is 7. The molecule has 12 heavy (non-hydrogen) atoms. The van der Waals surface area contributed by atoms with E-state index in [-0.39, 0.29) is 0 Å². The Morgan fingerprint density at radius 1 is 1.58 bits per heavy atom. The first-order valence-corrected chi connectivity index (χ1v) is 6.40. The van der Waals surface area contributed by atoms with Gasteiger partial charge in [0.1, 0.15) is 6.04 Å². The van der Waals surface area contributed by atoms with Crippen LogP contribution < -0.4 is 5.73 Å². The predicted molar refractivity (Wildman–Crippen MR) is 55.4 cm³/mol. The summed E-state index contributed by atoms with van der Waals surface area (Å²) in [7, 11) is 3.24. The van der Waals surface area contributed by atoms with Gasteiger partial charge in [0.15, 0.2) is 0 Å². The molecule has 5 heteroatoms. The third-order valence-corrected chi connectivity index (χ3v) is 3.75. The third kappa shape index (κ3) is 6.82. The molecule has 1 unspecified atom stereocenters. The van der Waals surface area contributed by atoms with E-state index < -0.39 is 12.0 Å². The second-order valence-electron chi connectivity index (χ2n) is 2.40. The summed E-state index contributed by atoms with van der Waals surface area (Å²) in [6.45, 7) is 2.13. The number of carbonyl (C=O) groups is 1. The fourth-order valence-electron chi connectivity index (χ4n) is 0.455. The van der Waals surface area contributed by atoms with E-state index in [9.17, 15) is 4.79 Å². The van der Waals surface area contributed by atoms with E-state index in [0.717, 1.165) is 5.75 Å². The molecule has 0 bridgehead atoms. The highest BCUT2D eigenvalue weighted by atomic mass is 33.1. The molecule has 0 amide bonds. The van der Waals surface area contributed by atoms with Crippen molar-refractivity contribution in [2.75, 3.05) is 11.5 Å². The molecule has 0 radical (unpaired) electrons. The highest BCUT2D eigenvalue weighted by molar-refractivity contribution is 8.76. The van der Waals surface area contributed by atoms with E-state index in [0.29, 0.717) is 5.75 Å². The number of carboxylic acid groups (broad SMARTS) is 1. The Hall–Kier alpha value is 0.130. The van der Waals surface area contributed by atoms with Gasteiger partial charge in [-0.15, -0.1) is 0 Å². The molecule has 0 aromatic carbocycles. The third-order valence-electron chi connectivity index (χ3n) is 1.23. The average molecular weight is 209 g/mol. The van der Waals surface area contributed by atoms with Crippen molar-refractivity contribution >= 4 is 27.6 Å². The van der Waals surface area contributed by atoms with Crippen LogP contribution in [0.25, 0.3) is 0 Å². The highest BCUT2D eigenvalue weighted by Gasteiger charge is 2.10. The van der Waals surface area contributed by atoms with Crippen LogP contribution in [0.15, 0.2) is 0 Å². The minimum Gasteiger partial charge on any atom is -0.480 e. The van der Waals surface area contributed by atoms with Crippen LogP contribution in [-0.4, -0.2) is 28.6 Å². The fourth-order valence-corrected chi connectivity index (χ4v) is 2.80. The molecule has 0 saturated carbocycles. The number of unbranched alkanes of at least 4 members (excludes halogenated alkanes) is 1. The molecule has 1 atom stereocenters. The van der Waals surface area contributed by atoms with Crippen LogP contribution >= 0.6 is 21.6 Å². The second-order valence-corrected chi connectivity index (χ2v) is 5.03. The van der Waals surface area contributed by atoms with Crippen LogP contribution in [0.3, 0.4) is 0 Å². The predicted octanol–water partition coefficient (Wildman–Crippen LogP) is 1.58. The highest BCUT2D eigenvalue weighted by Crippen LogP contribution is 2.22. The van der Waals surface area contributed by atoms with E-state index >= 15 is 0 Å². The van der Waals surface area contributed by atoms with Gasteiger partial charge in [0.25, 0.3) is 0 Å². The molecule has 0 aliphatic rings. The van der Waals surface area contributed by atoms with Crippen LogP contribution in [0.1, 0.15) is 19.8 Å². The van der Waals surface area contributed by atoms with E-state index in [1.54, 1.807) is 21.6 Å². The van der Waals surface area contributed by atoms with Gasteiger partial charge >= 0.3 is 5.97 Å². The normalized spacial score (nSPS) is 12.8. The van der Waals surface area contributed by atoms with Gasteiger partial charge in [-0.1, -0.05) is 34.9 Å². The van der Waals surface area contributed by atoms with Gasteiger partial charge in [-0.3, -0.25) is 4.79 Å². The maximum absolute atomic E-state index is 10.3. The molecule has 0 heterocycles. The zero-order chi connectivity index (χ0) is 9.40. The van der Waals surface area contributed by atoms with Crippen molar-refractivity contribution in [3.63, 3.8) is 0 Å². The lowest BCUT2D eigenvalue weighted by Gasteiger charge is -2.04. The Kier molecular flexibility index (Phi) is 7.85. The second kappa shape index (κ2) is 7.76. The molecule has 72 valence electrons. The number of hydrogen-bond acceptors (Lipinski definition) is 4. The summed E-state index contributed by atoms with van der Waals surface area (Å²) in [5, 5.41) is 8.44. The maximum atomic E-state index is 10.3. The van der Waals surface area contributed by atoms with Gasteiger partial charge in [-0.05, 0) is 6.42 Å². The molecule has 0 aliphatic heterocycles. The van der Waals surface area contributed by atoms with Crippen molar-refractivity contribution in [3.05, 3.63) is 0 Å². The Balaban J connectivity index is 3.14. The first-order valence-electron chi connectivity index (χ1n) is 3.91. The molecule has 0 aromatic rings. The molecular formula is C7H15NO2S2. The first-order chi connectivity index (χ1) is 5.68. The molecular weight excluding hydrogens is 194 g/mol. The Morgan fingerprint density at radius 2 is 2.25 bits per heavy atom. The Bertz CT molecular complexity index is 133. The van der Waals surface area contributed by atoms with Gasteiger partial charge in [0, 0.05) is 11.5 Å². The number of hydrogen-bond donors (Lipinski definition) is 2. The topological polar surface area (TPSA) is 63.3 Å². The summed E-state index contributed by atoms with van der Waals surface area (Å²) < 4.78 is 0. The molecule has 0 fully saturated rings. The maximum Gasteiger partial charge on any atom is 0.321 e. The lowest BCUT2D eigenvalue weighted by atomic mass is 10.4. The van der Waals surface area contributed by atoms with Gasteiger partial charge in [0.05, 0.1) is 0 Å². The van der Waals surface area contributed by atoms with Crippen LogP contribution in [0.5, 0.6) is 0 Å². The number of nitrogens with two attached hydrogens (primary N) is 1. The zero-order valence-corrected chi connectivity index (χ0v) is 8.79. The molecule has 0 rings (SSSR count). The van der Waals surface area contributed by atoms with Gasteiger partial charge in [0.2, 0.25) is 0 Å². The SMILES string of the molecule is CCCCSSCC(N)C(=O)O. The summed E-state index contributed by atoms with van der Waals surface area (Å²) in [4.78, 5) is 10.3. The van der Waals surface area contributed by atoms with Crippen molar-refractivity contribution in [1.29, 1.82) is 0 Å². The van der Waals surface area contributed by atoms with E-state index in [4.69, 9.17) is 10.8 Å². The molecule has 0 saturated heterocycles. The summed E-state index contributed by atoms with van der Waals surface area (Å²) in [5.41, 5.74) is 5.30. The average Bonchev–Trinajstić information content (AvgIpc) is 2.03. The van der Waals surface area contributed by atoms with Crippen molar-refractivity contribution < 1.29 is 9.90 Å². The monoisotopic (exact) mass is 209 g/mol. The van der Waals surface area contributed by atoms with E-state index in [1.165, 1.54) is 12.8 Å². The molecule has 0 aliphatic carbocycles. The zero-order valence-electron chi connectivity index (χ0n) is 7.16. The molecule has 3 nitrogen and oxygen atoms in total. The van der Waals surface area contributed by atoms with Gasteiger partial charge in [-0.2, -0.15) is 0 Å². The fraction of sp³-hybridized carbons (Fsp3) is 0.857. The van der Waals surface area contributed by atoms with Crippen molar-refractivity contribution in [2.24, 2.45) is 5.73 Å². The lowest BCUT2D eigenvalue weighted by Crippen LogP contribution is -2.32. The molecule has 0 spiro atoms. The van der Waals surface area contributed by atoms with Crippen molar-refractivity contribution in [3.8, 4) is 0 Å². The summed E-state index contributed by atoms with van der Waals surface area (Å²) in [6.07, 6.45) is 2.36. The van der Waals surface area contributed by atoms with E-state index in [1.807, 2.05) is 0 Å². The van der Waals surface area contributed by atoms with Gasteiger partial charge < -0.3 is 10.8 Å². The molecule has 0 aromatic heterocycles. The van der Waals surface area contributed by atoms with Crippen LogP contribution in [0, 0.1) is 0 Å². The van der Waals surface area contributed by atoms with Crippen molar-refractivity contribution in [1.82, 2.24) is 0 Å². The summed E-state index contributed by atoms with van der Waals surface area (Å²) >= 11 is 0. The largest absolute Gasteiger partial charge is 0.480 e. The first kappa shape index (κ1) is 12.1. The van der Waals surface area contributed by atoms with Crippen LogP contribution in [-0.2, 0) is 4.79 Å². The van der Waals surface area contributed by atoms with Crippen LogP contribution in [0.4, 0.5) is 0 Å². The minimum absolute atomic E-state index is 0.490. The number of carboxylic acids is 1. The van der Waals surface area contributed by atoms with E-state index in [2.05, 4.69) is 6.92 Å².